The van der Waals surface area contributed by atoms with Gasteiger partial charge in [0.15, 0.2) is 0 Å². The Morgan fingerprint density at radius 1 is 1.26 bits per heavy atom. The highest BCUT2D eigenvalue weighted by Gasteiger charge is 2.44. The van der Waals surface area contributed by atoms with E-state index in [0.29, 0.717) is 24.3 Å². The molecule has 34 heavy (non-hydrogen) atoms. The maximum absolute atomic E-state index is 10.4. The topological polar surface area (TPSA) is 99.2 Å². The number of halogens is 1. The van der Waals surface area contributed by atoms with Crippen LogP contribution >= 0.6 is 11.6 Å². The lowest BCUT2D eigenvalue weighted by Crippen LogP contribution is -2.60. The van der Waals surface area contributed by atoms with Gasteiger partial charge in [0, 0.05) is 44.0 Å². The van der Waals surface area contributed by atoms with E-state index in [0.717, 1.165) is 72.7 Å². The number of aliphatic hydroxyl groups excluding tert-OH is 1. The van der Waals surface area contributed by atoms with Gasteiger partial charge in [0.2, 0.25) is 0 Å². The summed E-state index contributed by atoms with van der Waals surface area (Å²) in [5.74, 6) is 0.718. The molecule has 1 aliphatic carbocycles. The Hall–Kier alpha value is -2.39. The van der Waals surface area contributed by atoms with E-state index in [4.69, 9.17) is 22.1 Å². The Morgan fingerprint density at radius 3 is 2.68 bits per heavy atom. The molecule has 5 rings (SSSR count). The Bertz CT molecular complexity index is 1130. The number of nitrogens with zero attached hydrogens (tertiary/aromatic N) is 4. The average molecular weight is 485 g/mol. The minimum absolute atomic E-state index is 0.319. The molecule has 0 radical (unpaired) electrons. The molecule has 3 fully saturated rings. The van der Waals surface area contributed by atoms with Crippen molar-refractivity contribution in [2.75, 3.05) is 49.6 Å². The number of allylic oxidation sites excluding steroid dienone is 1. The summed E-state index contributed by atoms with van der Waals surface area (Å²) in [7, 11) is 0. The summed E-state index contributed by atoms with van der Waals surface area (Å²) in [6.07, 6.45) is 5.22. The van der Waals surface area contributed by atoms with Crippen molar-refractivity contribution >= 4 is 39.6 Å². The molecular weight excluding hydrogens is 452 g/mol. The molecule has 0 spiro atoms. The Morgan fingerprint density at radius 2 is 2.03 bits per heavy atom. The molecule has 0 bridgehead atoms. The van der Waals surface area contributed by atoms with E-state index < -0.39 is 6.10 Å². The number of piperazine rings is 1. The lowest BCUT2D eigenvalue weighted by Gasteiger charge is -2.45. The molecule has 3 aliphatic rings. The second kappa shape index (κ2) is 9.34. The van der Waals surface area contributed by atoms with Crippen LogP contribution in [0, 0.1) is 0 Å². The third-order valence-corrected chi connectivity index (χ3v) is 7.56. The van der Waals surface area contributed by atoms with Crippen LogP contribution in [0.4, 0.5) is 11.5 Å². The molecule has 2 unspecified atom stereocenters. The number of benzene rings is 1. The van der Waals surface area contributed by atoms with Crippen LogP contribution in [-0.2, 0) is 4.74 Å². The molecule has 1 aromatic heterocycles. The zero-order valence-electron chi connectivity index (χ0n) is 19.8. The van der Waals surface area contributed by atoms with Crippen molar-refractivity contribution in [3.63, 3.8) is 0 Å². The quantitative estimate of drug-likeness (QED) is 0.542. The van der Waals surface area contributed by atoms with E-state index in [2.05, 4.69) is 38.1 Å². The van der Waals surface area contributed by atoms with Crippen LogP contribution in [0.3, 0.4) is 0 Å². The van der Waals surface area contributed by atoms with E-state index >= 15 is 0 Å². The number of aromatic nitrogens is 1. The van der Waals surface area contributed by atoms with Gasteiger partial charge in [-0.05, 0) is 50.3 Å². The normalized spacial score (nSPS) is 26.9. The van der Waals surface area contributed by atoms with Crippen molar-refractivity contribution in [2.45, 2.75) is 44.4 Å². The number of aliphatic hydroxyl groups is 1. The smallest absolute Gasteiger partial charge is 0.131 e. The number of aliphatic imine (C=N–C) groups is 1. The van der Waals surface area contributed by atoms with Gasteiger partial charge in [-0.15, -0.1) is 0 Å². The number of fused-ring (bicyclic) bond motifs is 1. The second-order valence-electron chi connectivity index (χ2n) is 9.73. The van der Waals surface area contributed by atoms with E-state index in [9.17, 15) is 5.11 Å². The fraction of sp³-hybridized carbons (Fsp3) is 0.520. The number of rotatable bonds is 6. The number of hydrogen-bond donors (Lipinski definition) is 3. The SMILES string of the molecule is CC(=NC1CC1)/C(=C\N)Nc1cc2cc(N3CCN(C4(C)COCC4O)CC3)c(Cl)cc2cn1. The van der Waals surface area contributed by atoms with Crippen molar-refractivity contribution < 1.29 is 9.84 Å². The first-order valence-corrected chi connectivity index (χ1v) is 12.3. The van der Waals surface area contributed by atoms with Crippen LogP contribution in [0.2, 0.25) is 5.02 Å². The van der Waals surface area contributed by atoms with Crippen LogP contribution < -0.4 is 16.0 Å². The fourth-order valence-corrected chi connectivity index (χ4v) is 5.11. The molecule has 0 amide bonds. The Balaban J connectivity index is 1.33. The third-order valence-electron chi connectivity index (χ3n) is 7.26. The van der Waals surface area contributed by atoms with Gasteiger partial charge in [-0.25, -0.2) is 4.98 Å². The summed E-state index contributed by atoms with van der Waals surface area (Å²) in [4.78, 5) is 13.9. The highest BCUT2D eigenvalue weighted by atomic mass is 35.5. The molecule has 3 heterocycles. The van der Waals surface area contributed by atoms with Gasteiger partial charge in [-0.2, -0.15) is 0 Å². The predicted octanol–water partition coefficient (Wildman–Crippen LogP) is 3.00. The Labute approximate surface area is 205 Å². The van der Waals surface area contributed by atoms with E-state index in [1.807, 2.05) is 25.3 Å². The monoisotopic (exact) mass is 484 g/mol. The van der Waals surface area contributed by atoms with Gasteiger partial charge in [-0.3, -0.25) is 9.89 Å². The summed E-state index contributed by atoms with van der Waals surface area (Å²) in [5.41, 5.74) is 8.23. The number of nitrogens with one attached hydrogen (secondary N) is 1. The lowest BCUT2D eigenvalue weighted by atomic mass is 9.95. The van der Waals surface area contributed by atoms with Gasteiger partial charge in [0.1, 0.15) is 5.82 Å². The fourth-order valence-electron chi connectivity index (χ4n) is 4.82. The highest BCUT2D eigenvalue weighted by molar-refractivity contribution is 6.34. The molecule has 2 atom stereocenters. The largest absolute Gasteiger partial charge is 0.403 e. The maximum Gasteiger partial charge on any atom is 0.131 e. The van der Waals surface area contributed by atoms with E-state index in [1.165, 1.54) is 0 Å². The van der Waals surface area contributed by atoms with Gasteiger partial charge in [0.05, 0.1) is 53.0 Å². The zero-order chi connectivity index (χ0) is 23.9. The molecule has 1 saturated carbocycles. The van der Waals surface area contributed by atoms with Crippen LogP contribution in [0.1, 0.15) is 26.7 Å². The Kier molecular flexibility index (Phi) is 6.41. The number of hydrogen-bond acceptors (Lipinski definition) is 8. The summed E-state index contributed by atoms with van der Waals surface area (Å²) in [5, 5.41) is 16.5. The molecule has 2 aliphatic heterocycles. The van der Waals surface area contributed by atoms with Crippen molar-refractivity contribution in [3.8, 4) is 0 Å². The first-order valence-electron chi connectivity index (χ1n) is 12.0. The van der Waals surface area contributed by atoms with Crippen LogP contribution in [0.15, 0.2) is 41.3 Å². The van der Waals surface area contributed by atoms with Crippen LogP contribution in [0.5, 0.6) is 0 Å². The molecule has 182 valence electrons. The standard InChI is InChI=1S/C25H33ClN6O2/c1-16(29-19-3-4-19)21(12-27)30-24-11-17-10-22(20(26)9-18(17)13-28-24)31-5-7-32(8-6-31)25(2)15-34-14-23(25)33/h9-13,19,23,33H,3-8,14-15,27H2,1-2H3,(H,28,30)/b21-12+,29-16?. The molecule has 2 aromatic rings. The minimum Gasteiger partial charge on any atom is -0.403 e. The lowest BCUT2D eigenvalue weighted by molar-refractivity contribution is 0.00884. The first kappa shape index (κ1) is 23.4. The number of pyridine rings is 1. The number of nitrogens with two attached hydrogens (primary N) is 1. The molecular formula is C25H33ClN6O2. The van der Waals surface area contributed by atoms with Crippen molar-refractivity contribution in [1.29, 1.82) is 0 Å². The molecule has 8 nitrogen and oxygen atoms in total. The third kappa shape index (κ3) is 4.60. The predicted molar refractivity (Wildman–Crippen MR) is 138 cm³/mol. The average Bonchev–Trinajstić information content (AvgIpc) is 3.59. The first-order chi connectivity index (χ1) is 16.4. The van der Waals surface area contributed by atoms with Gasteiger partial charge in [0.25, 0.3) is 0 Å². The number of ether oxygens (including phenoxy) is 1. The van der Waals surface area contributed by atoms with Crippen molar-refractivity contribution in [3.05, 3.63) is 41.3 Å². The molecule has 2 saturated heterocycles. The van der Waals surface area contributed by atoms with Gasteiger partial charge >= 0.3 is 0 Å². The molecule has 4 N–H and O–H groups in total. The molecule has 1 aromatic carbocycles. The summed E-state index contributed by atoms with van der Waals surface area (Å²) < 4.78 is 5.53. The van der Waals surface area contributed by atoms with Gasteiger partial charge < -0.3 is 25.8 Å². The van der Waals surface area contributed by atoms with E-state index in [1.54, 1.807) is 6.20 Å². The molecule has 9 heteroatoms. The van der Waals surface area contributed by atoms with E-state index in [-0.39, 0.29) is 5.54 Å². The summed E-state index contributed by atoms with van der Waals surface area (Å²) in [6, 6.07) is 6.56. The zero-order valence-corrected chi connectivity index (χ0v) is 20.6. The maximum atomic E-state index is 10.4. The number of anilines is 2. The highest BCUT2D eigenvalue weighted by Crippen LogP contribution is 2.34. The van der Waals surface area contributed by atoms with Crippen LogP contribution in [-0.4, -0.2) is 77.8 Å². The van der Waals surface area contributed by atoms with Crippen molar-refractivity contribution in [2.24, 2.45) is 10.7 Å². The van der Waals surface area contributed by atoms with Crippen LogP contribution in [0.25, 0.3) is 10.8 Å². The minimum atomic E-state index is -0.452. The summed E-state index contributed by atoms with van der Waals surface area (Å²) >= 11 is 6.69. The van der Waals surface area contributed by atoms with Crippen molar-refractivity contribution in [1.82, 2.24) is 9.88 Å². The van der Waals surface area contributed by atoms with Gasteiger partial charge in [-0.1, -0.05) is 11.6 Å². The summed E-state index contributed by atoms with van der Waals surface area (Å²) in [6.45, 7) is 8.40. The second-order valence-corrected chi connectivity index (χ2v) is 10.1.